The van der Waals surface area contributed by atoms with Gasteiger partial charge in [-0.1, -0.05) is 32.0 Å². The number of amides is 1. The Morgan fingerprint density at radius 2 is 1.73 bits per heavy atom. The van der Waals surface area contributed by atoms with E-state index in [1.165, 1.54) is 10.4 Å². The van der Waals surface area contributed by atoms with Crippen molar-refractivity contribution in [1.29, 1.82) is 0 Å². The van der Waals surface area contributed by atoms with Crippen LogP contribution in [0.3, 0.4) is 0 Å². The summed E-state index contributed by atoms with van der Waals surface area (Å²) in [5.41, 5.74) is 0.733. The van der Waals surface area contributed by atoms with E-state index in [0.29, 0.717) is 37.7 Å². The Morgan fingerprint density at radius 1 is 1.07 bits per heavy atom. The topological polar surface area (TPSA) is 84.9 Å². The van der Waals surface area contributed by atoms with Gasteiger partial charge in [0, 0.05) is 25.2 Å². The first-order valence-corrected chi connectivity index (χ1v) is 11.2. The second-order valence-corrected chi connectivity index (χ2v) is 8.25. The fourth-order valence-corrected chi connectivity index (χ4v) is 4.19. The van der Waals surface area contributed by atoms with Gasteiger partial charge in [0.2, 0.25) is 15.9 Å². The van der Waals surface area contributed by atoms with Crippen molar-refractivity contribution < 1.29 is 22.7 Å². The van der Waals surface area contributed by atoms with Crippen LogP contribution < -0.4 is 14.8 Å². The third-order valence-electron chi connectivity index (χ3n) is 4.36. The highest BCUT2D eigenvalue weighted by atomic mass is 32.2. The van der Waals surface area contributed by atoms with Crippen molar-refractivity contribution in [3.8, 4) is 11.5 Å². The summed E-state index contributed by atoms with van der Waals surface area (Å²) in [7, 11) is -1.90. The summed E-state index contributed by atoms with van der Waals surface area (Å²) in [4.78, 5) is 12.2. The van der Waals surface area contributed by atoms with Crippen LogP contribution in [0.2, 0.25) is 0 Å². The van der Waals surface area contributed by atoms with Crippen molar-refractivity contribution in [2.24, 2.45) is 0 Å². The fourth-order valence-electron chi connectivity index (χ4n) is 2.73. The SMILES string of the molecule is CCN(CC)S(=O)(=O)c1ccc(/C=C/C(=O)NCCOc2cccc(OC)c2)cc1. The number of ether oxygens (including phenoxy) is 2. The highest BCUT2D eigenvalue weighted by Crippen LogP contribution is 2.18. The average molecular weight is 433 g/mol. The molecule has 30 heavy (non-hydrogen) atoms. The molecule has 1 amide bonds. The summed E-state index contributed by atoms with van der Waals surface area (Å²) < 4.78 is 37.1. The summed E-state index contributed by atoms with van der Waals surface area (Å²) in [5.74, 6) is 1.11. The van der Waals surface area contributed by atoms with E-state index in [-0.39, 0.29) is 10.8 Å². The van der Waals surface area contributed by atoms with Crippen LogP contribution in [0.1, 0.15) is 19.4 Å². The number of nitrogens with zero attached hydrogens (tertiary/aromatic N) is 1. The molecule has 0 aliphatic carbocycles. The van der Waals surface area contributed by atoms with Gasteiger partial charge in [0.1, 0.15) is 18.1 Å². The molecule has 1 N–H and O–H groups in total. The zero-order chi connectivity index (χ0) is 22.0. The van der Waals surface area contributed by atoms with E-state index in [0.717, 1.165) is 5.56 Å². The highest BCUT2D eigenvalue weighted by molar-refractivity contribution is 7.89. The van der Waals surface area contributed by atoms with Gasteiger partial charge < -0.3 is 14.8 Å². The molecule has 0 radical (unpaired) electrons. The molecule has 0 saturated heterocycles. The Hall–Kier alpha value is -2.84. The molecule has 8 heteroatoms. The van der Waals surface area contributed by atoms with Crippen LogP contribution >= 0.6 is 0 Å². The maximum absolute atomic E-state index is 12.5. The fraction of sp³-hybridized carbons (Fsp3) is 0.318. The molecule has 2 rings (SSSR count). The van der Waals surface area contributed by atoms with Crippen molar-refractivity contribution in [3.05, 3.63) is 60.2 Å². The predicted octanol–water partition coefficient (Wildman–Crippen LogP) is 2.93. The van der Waals surface area contributed by atoms with Gasteiger partial charge in [0.05, 0.1) is 18.6 Å². The van der Waals surface area contributed by atoms with E-state index < -0.39 is 10.0 Å². The number of rotatable bonds is 11. The molecule has 0 aliphatic heterocycles. The zero-order valence-electron chi connectivity index (χ0n) is 17.5. The summed E-state index contributed by atoms with van der Waals surface area (Å²) in [5, 5.41) is 2.73. The largest absolute Gasteiger partial charge is 0.497 e. The van der Waals surface area contributed by atoms with Crippen molar-refractivity contribution in [1.82, 2.24) is 9.62 Å². The number of benzene rings is 2. The molecule has 0 spiro atoms. The van der Waals surface area contributed by atoms with E-state index in [2.05, 4.69) is 5.32 Å². The Balaban J connectivity index is 1.83. The minimum absolute atomic E-state index is 0.238. The van der Waals surface area contributed by atoms with E-state index in [1.54, 1.807) is 57.4 Å². The summed E-state index contributed by atoms with van der Waals surface area (Å²) >= 11 is 0. The maximum atomic E-state index is 12.5. The van der Waals surface area contributed by atoms with Crippen LogP contribution in [-0.4, -0.2) is 52.0 Å². The average Bonchev–Trinajstić information content (AvgIpc) is 2.76. The van der Waals surface area contributed by atoms with E-state index in [9.17, 15) is 13.2 Å². The van der Waals surface area contributed by atoms with Gasteiger partial charge >= 0.3 is 0 Å². The number of nitrogens with one attached hydrogen (secondary N) is 1. The number of methoxy groups -OCH3 is 1. The Morgan fingerprint density at radius 3 is 2.37 bits per heavy atom. The minimum Gasteiger partial charge on any atom is -0.497 e. The molecule has 0 bridgehead atoms. The Labute approximate surface area is 178 Å². The lowest BCUT2D eigenvalue weighted by molar-refractivity contribution is -0.116. The van der Waals surface area contributed by atoms with Crippen molar-refractivity contribution in [2.75, 3.05) is 33.4 Å². The molecule has 7 nitrogen and oxygen atoms in total. The Bertz CT molecular complexity index is 952. The quantitative estimate of drug-likeness (QED) is 0.436. The van der Waals surface area contributed by atoms with Gasteiger partial charge in [-0.25, -0.2) is 8.42 Å². The first kappa shape index (κ1) is 23.4. The molecule has 2 aromatic rings. The number of carbonyl (C=O) groups excluding carboxylic acids is 1. The second-order valence-electron chi connectivity index (χ2n) is 6.31. The van der Waals surface area contributed by atoms with Gasteiger partial charge in [-0.2, -0.15) is 4.31 Å². The predicted molar refractivity (Wildman–Crippen MR) is 117 cm³/mol. The highest BCUT2D eigenvalue weighted by Gasteiger charge is 2.20. The van der Waals surface area contributed by atoms with Gasteiger partial charge in [-0.05, 0) is 35.9 Å². The van der Waals surface area contributed by atoms with Crippen LogP contribution in [0, 0.1) is 0 Å². The van der Waals surface area contributed by atoms with E-state index >= 15 is 0 Å². The minimum atomic E-state index is -3.48. The van der Waals surface area contributed by atoms with E-state index in [4.69, 9.17) is 9.47 Å². The van der Waals surface area contributed by atoms with Crippen molar-refractivity contribution in [3.63, 3.8) is 0 Å². The van der Waals surface area contributed by atoms with Crippen LogP contribution in [0.25, 0.3) is 6.08 Å². The number of sulfonamides is 1. The monoisotopic (exact) mass is 432 g/mol. The van der Waals surface area contributed by atoms with Crippen molar-refractivity contribution >= 4 is 22.0 Å². The van der Waals surface area contributed by atoms with Gasteiger partial charge in [-0.3, -0.25) is 4.79 Å². The number of carbonyl (C=O) groups is 1. The summed E-state index contributed by atoms with van der Waals surface area (Å²) in [6.45, 7) is 5.12. The lowest BCUT2D eigenvalue weighted by Gasteiger charge is -2.18. The molecule has 0 aliphatic rings. The molecule has 0 unspecified atom stereocenters. The molecule has 0 aromatic heterocycles. The third-order valence-corrected chi connectivity index (χ3v) is 6.43. The third kappa shape index (κ3) is 6.60. The molecule has 0 atom stereocenters. The van der Waals surface area contributed by atoms with Crippen LogP contribution in [0.4, 0.5) is 0 Å². The first-order chi connectivity index (χ1) is 14.4. The lowest BCUT2D eigenvalue weighted by atomic mass is 10.2. The normalized spacial score (nSPS) is 11.6. The van der Waals surface area contributed by atoms with E-state index in [1.807, 2.05) is 18.2 Å². The molecular weight excluding hydrogens is 404 g/mol. The summed E-state index contributed by atoms with van der Waals surface area (Å²) in [6.07, 6.45) is 3.03. The molecule has 0 fully saturated rings. The molecule has 0 heterocycles. The summed E-state index contributed by atoms with van der Waals surface area (Å²) in [6, 6.07) is 13.7. The van der Waals surface area contributed by atoms with Crippen LogP contribution in [0.15, 0.2) is 59.5 Å². The molecule has 0 saturated carbocycles. The van der Waals surface area contributed by atoms with Crippen LogP contribution in [0.5, 0.6) is 11.5 Å². The van der Waals surface area contributed by atoms with Crippen molar-refractivity contribution in [2.45, 2.75) is 18.7 Å². The zero-order valence-corrected chi connectivity index (χ0v) is 18.3. The van der Waals surface area contributed by atoms with Crippen LogP contribution in [-0.2, 0) is 14.8 Å². The van der Waals surface area contributed by atoms with Gasteiger partial charge in [-0.15, -0.1) is 0 Å². The number of hydrogen-bond acceptors (Lipinski definition) is 5. The first-order valence-electron chi connectivity index (χ1n) is 9.73. The maximum Gasteiger partial charge on any atom is 0.244 e. The molecule has 2 aromatic carbocycles. The standard InChI is InChI=1S/C22H28N2O5S/c1-4-24(5-2)30(26,27)21-12-9-18(10-13-21)11-14-22(25)23-15-16-29-20-8-6-7-19(17-20)28-3/h6-14,17H,4-5,15-16H2,1-3H3,(H,23,25)/b14-11+. The smallest absolute Gasteiger partial charge is 0.244 e. The number of hydrogen-bond donors (Lipinski definition) is 1. The second kappa shape index (κ2) is 11.4. The molecular formula is C22H28N2O5S. The Kier molecular flexibility index (Phi) is 8.89. The van der Waals surface area contributed by atoms with Gasteiger partial charge in [0.25, 0.3) is 0 Å². The lowest BCUT2D eigenvalue weighted by Crippen LogP contribution is -2.30. The van der Waals surface area contributed by atoms with Gasteiger partial charge in [0.15, 0.2) is 0 Å². The molecule has 162 valence electrons.